The molecule has 2 aliphatic rings. The summed E-state index contributed by atoms with van der Waals surface area (Å²) in [7, 11) is 0. The molecule has 0 bridgehead atoms. The first-order valence-electron chi connectivity index (χ1n) is 7.36. The van der Waals surface area contributed by atoms with Gasteiger partial charge in [-0.3, -0.25) is 14.5 Å². The number of amides is 2. The number of carbonyl (C=O) groups is 2. The maximum absolute atomic E-state index is 12.9. The molecule has 0 saturated heterocycles. The van der Waals surface area contributed by atoms with Gasteiger partial charge in [0, 0.05) is 12.1 Å². The number of imide groups is 1. The standard InChI is InChI=1S/C16H20N2O2/c17-10-5-11-18-14(19)12-6-1-2-7-13(12)16(15(18)20)8-3-4-9-16/h1-2,6-7H,3-5,8-11,17H2. The summed E-state index contributed by atoms with van der Waals surface area (Å²) in [5, 5.41) is 0. The summed E-state index contributed by atoms with van der Waals surface area (Å²) < 4.78 is 0. The van der Waals surface area contributed by atoms with Crippen LogP contribution in [0.5, 0.6) is 0 Å². The van der Waals surface area contributed by atoms with Gasteiger partial charge >= 0.3 is 0 Å². The Labute approximate surface area is 118 Å². The quantitative estimate of drug-likeness (QED) is 0.854. The highest BCUT2D eigenvalue weighted by Crippen LogP contribution is 2.46. The molecule has 0 aromatic heterocycles. The molecule has 0 unspecified atom stereocenters. The Kier molecular flexibility index (Phi) is 3.34. The van der Waals surface area contributed by atoms with Gasteiger partial charge in [0.25, 0.3) is 5.91 Å². The number of benzene rings is 1. The third-order valence-electron chi connectivity index (χ3n) is 4.62. The zero-order valence-electron chi connectivity index (χ0n) is 11.6. The van der Waals surface area contributed by atoms with Crippen molar-refractivity contribution in [2.24, 2.45) is 5.73 Å². The van der Waals surface area contributed by atoms with E-state index in [1.807, 2.05) is 24.3 Å². The van der Waals surface area contributed by atoms with E-state index in [1.165, 1.54) is 4.90 Å². The van der Waals surface area contributed by atoms with E-state index in [-0.39, 0.29) is 11.8 Å². The molecule has 4 heteroatoms. The van der Waals surface area contributed by atoms with Crippen molar-refractivity contribution in [3.63, 3.8) is 0 Å². The number of carbonyl (C=O) groups excluding carboxylic acids is 2. The molecule has 3 rings (SSSR count). The maximum atomic E-state index is 12.9. The lowest BCUT2D eigenvalue weighted by Gasteiger charge is -2.39. The van der Waals surface area contributed by atoms with E-state index in [1.54, 1.807) is 0 Å². The molecule has 0 radical (unpaired) electrons. The van der Waals surface area contributed by atoms with Crippen molar-refractivity contribution in [3.05, 3.63) is 35.4 Å². The number of rotatable bonds is 3. The van der Waals surface area contributed by atoms with Crippen LogP contribution in [0.3, 0.4) is 0 Å². The number of fused-ring (bicyclic) bond motifs is 2. The Balaban J connectivity index is 2.09. The van der Waals surface area contributed by atoms with Crippen LogP contribution in [0, 0.1) is 0 Å². The molecule has 1 saturated carbocycles. The van der Waals surface area contributed by atoms with Crippen LogP contribution in [-0.2, 0) is 10.2 Å². The van der Waals surface area contributed by atoms with Crippen molar-refractivity contribution in [2.75, 3.05) is 13.1 Å². The van der Waals surface area contributed by atoms with E-state index in [0.717, 1.165) is 31.2 Å². The van der Waals surface area contributed by atoms with Crippen LogP contribution in [0.4, 0.5) is 0 Å². The zero-order chi connectivity index (χ0) is 14.2. The number of hydrogen-bond acceptors (Lipinski definition) is 3. The SMILES string of the molecule is NCCCN1C(=O)c2ccccc2C2(CCCC2)C1=O. The topological polar surface area (TPSA) is 63.4 Å². The largest absolute Gasteiger partial charge is 0.330 e. The van der Waals surface area contributed by atoms with Gasteiger partial charge in [0.05, 0.1) is 5.41 Å². The van der Waals surface area contributed by atoms with E-state index in [9.17, 15) is 9.59 Å². The predicted molar refractivity (Wildman–Crippen MR) is 76.3 cm³/mol. The van der Waals surface area contributed by atoms with Crippen molar-refractivity contribution in [3.8, 4) is 0 Å². The monoisotopic (exact) mass is 272 g/mol. The van der Waals surface area contributed by atoms with Gasteiger partial charge in [0.2, 0.25) is 5.91 Å². The van der Waals surface area contributed by atoms with Crippen LogP contribution in [0.25, 0.3) is 0 Å². The van der Waals surface area contributed by atoms with E-state index < -0.39 is 5.41 Å². The minimum atomic E-state index is -0.459. The van der Waals surface area contributed by atoms with Gasteiger partial charge in [0.15, 0.2) is 0 Å². The van der Waals surface area contributed by atoms with Crippen molar-refractivity contribution in [1.29, 1.82) is 0 Å². The highest BCUT2D eigenvalue weighted by molar-refractivity contribution is 6.13. The molecular weight excluding hydrogens is 252 g/mol. The Hall–Kier alpha value is -1.68. The molecule has 1 aliphatic carbocycles. The Bertz CT molecular complexity index is 547. The van der Waals surface area contributed by atoms with Crippen LogP contribution < -0.4 is 5.73 Å². The van der Waals surface area contributed by atoms with Crippen molar-refractivity contribution >= 4 is 11.8 Å². The summed E-state index contributed by atoms with van der Waals surface area (Å²) in [5.41, 5.74) is 6.71. The number of hydrogen-bond donors (Lipinski definition) is 1. The molecule has 4 nitrogen and oxygen atoms in total. The highest BCUT2D eigenvalue weighted by Gasteiger charge is 2.51. The predicted octanol–water partition coefficient (Wildman–Crippen LogP) is 1.83. The Morgan fingerprint density at radius 1 is 1.15 bits per heavy atom. The van der Waals surface area contributed by atoms with Gasteiger partial charge in [0.1, 0.15) is 0 Å². The summed E-state index contributed by atoms with van der Waals surface area (Å²) in [5.74, 6) is -0.163. The first kappa shape index (κ1) is 13.3. The van der Waals surface area contributed by atoms with E-state index in [0.29, 0.717) is 25.1 Å². The van der Waals surface area contributed by atoms with Crippen LogP contribution in [-0.4, -0.2) is 29.8 Å². The molecule has 1 heterocycles. The molecular formula is C16H20N2O2. The molecule has 20 heavy (non-hydrogen) atoms. The van der Waals surface area contributed by atoms with Crippen LogP contribution >= 0.6 is 0 Å². The van der Waals surface area contributed by atoms with Crippen LogP contribution in [0.1, 0.15) is 48.0 Å². The molecule has 1 aliphatic heterocycles. The summed E-state index contributed by atoms with van der Waals surface area (Å²) in [6.45, 7) is 0.927. The van der Waals surface area contributed by atoms with E-state index in [2.05, 4.69) is 0 Å². The third kappa shape index (κ3) is 1.79. The zero-order valence-corrected chi connectivity index (χ0v) is 11.6. The fourth-order valence-electron chi connectivity index (χ4n) is 3.61. The van der Waals surface area contributed by atoms with E-state index in [4.69, 9.17) is 5.73 Å². The lowest BCUT2D eigenvalue weighted by atomic mass is 9.72. The highest BCUT2D eigenvalue weighted by atomic mass is 16.2. The average molecular weight is 272 g/mol. The Morgan fingerprint density at radius 2 is 1.85 bits per heavy atom. The molecule has 2 amide bonds. The minimum Gasteiger partial charge on any atom is -0.330 e. The maximum Gasteiger partial charge on any atom is 0.260 e. The lowest BCUT2D eigenvalue weighted by Crippen LogP contribution is -2.53. The molecule has 0 atom stereocenters. The minimum absolute atomic E-state index is 0.00727. The number of nitrogens with two attached hydrogens (primary N) is 1. The first-order chi connectivity index (χ1) is 9.70. The molecule has 1 spiro atoms. The normalized spacial score (nSPS) is 20.6. The van der Waals surface area contributed by atoms with Crippen molar-refractivity contribution < 1.29 is 9.59 Å². The summed E-state index contributed by atoms with van der Waals surface area (Å²) in [4.78, 5) is 26.9. The smallest absolute Gasteiger partial charge is 0.260 e. The molecule has 1 fully saturated rings. The van der Waals surface area contributed by atoms with Gasteiger partial charge < -0.3 is 5.73 Å². The van der Waals surface area contributed by atoms with Gasteiger partial charge in [-0.25, -0.2) is 0 Å². The molecule has 1 aromatic carbocycles. The van der Waals surface area contributed by atoms with Gasteiger partial charge in [-0.1, -0.05) is 31.0 Å². The molecule has 2 N–H and O–H groups in total. The summed E-state index contributed by atoms with van der Waals surface area (Å²) in [6.07, 6.45) is 4.48. The summed E-state index contributed by atoms with van der Waals surface area (Å²) >= 11 is 0. The van der Waals surface area contributed by atoms with E-state index >= 15 is 0 Å². The van der Waals surface area contributed by atoms with Crippen molar-refractivity contribution in [1.82, 2.24) is 4.90 Å². The second-order valence-electron chi connectivity index (χ2n) is 5.74. The second-order valence-corrected chi connectivity index (χ2v) is 5.74. The fraction of sp³-hybridized carbons (Fsp3) is 0.500. The van der Waals surface area contributed by atoms with Crippen LogP contribution in [0.2, 0.25) is 0 Å². The Morgan fingerprint density at radius 3 is 2.55 bits per heavy atom. The van der Waals surface area contributed by atoms with Crippen LogP contribution in [0.15, 0.2) is 24.3 Å². The van der Waals surface area contributed by atoms with Gasteiger partial charge in [-0.05, 0) is 37.4 Å². The van der Waals surface area contributed by atoms with Gasteiger partial charge in [-0.15, -0.1) is 0 Å². The lowest BCUT2D eigenvalue weighted by molar-refractivity contribution is -0.135. The molecule has 1 aromatic rings. The average Bonchev–Trinajstić information content (AvgIpc) is 2.96. The van der Waals surface area contributed by atoms with Gasteiger partial charge in [-0.2, -0.15) is 0 Å². The summed E-state index contributed by atoms with van der Waals surface area (Å²) in [6, 6.07) is 7.60. The first-order valence-corrected chi connectivity index (χ1v) is 7.36. The molecule has 106 valence electrons. The second kappa shape index (κ2) is 5.02. The van der Waals surface area contributed by atoms with Crippen molar-refractivity contribution in [2.45, 2.75) is 37.5 Å². The fourth-order valence-corrected chi connectivity index (χ4v) is 3.61. The number of nitrogens with zero attached hydrogens (tertiary/aromatic N) is 1. The third-order valence-corrected chi connectivity index (χ3v) is 4.62.